The van der Waals surface area contributed by atoms with Gasteiger partial charge in [-0.05, 0) is 118 Å². The summed E-state index contributed by atoms with van der Waals surface area (Å²) < 4.78 is 15.1. The number of rotatable bonds is 6. The van der Waals surface area contributed by atoms with Gasteiger partial charge in [0, 0.05) is 60.8 Å². The lowest BCUT2D eigenvalue weighted by Gasteiger charge is -2.10. The largest absolute Gasteiger partial charge is 0.309 e. The van der Waals surface area contributed by atoms with E-state index >= 15 is 0 Å². The van der Waals surface area contributed by atoms with Crippen LogP contribution in [0.2, 0.25) is 0 Å². The SMILES string of the molecule is c1ccc(-n2c3ccccc3c3cc(-n4c5ccsc5c5sc(-c6ccc7c(c6)-c6cc(-c8cc9c(s8)c8sccc8n9-c8ccccc8)ccc6C7[n+]6ccccc6)cc54)ccc32)cc1. The van der Waals surface area contributed by atoms with Crippen LogP contribution in [0.1, 0.15) is 17.2 Å². The van der Waals surface area contributed by atoms with E-state index in [4.69, 9.17) is 0 Å². The quantitative estimate of drug-likeness (QED) is 0.148. The van der Waals surface area contributed by atoms with Crippen LogP contribution in [0.4, 0.5) is 0 Å². The second-order valence-corrected chi connectivity index (χ2v) is 21.1. The monoisotopic (exact) mass is 915 g/mol. The molecule has 8 heteroatoms. The fourth-order valence-electron chi connectivity index (χ4n) is 10.8. The minimum Gasteiger partial charge on any atom is -0.309 e. The Kier molecular flexibility index (Phi) is 7.89. The van der Waals surface area contributed by atoms with Crippen LogP contribution in [0.25, 0.3) is 112 Å². The van der Waals surface area contributed by atoms with Gasteiger partial charge in [0.15, 0.2) is 12.4 Å². The Hall–Kier alpha value is -7.33. The minimum atomic E-state index is 0.0927. The molecule has 1 aliphatic rings. The Morgan fingerprint density at radius 2 is 0.879 bits per heavy atom. The molecule has 66 heavy (non-hydrogen) atoms. The van der Waals surface area contributed by atoms with Crippen LogP contribution < -0.4 is 4.57 Å². The van der Waals surface area contributed by atoms with Gasteiger partial charge in [0.25, 0.3) is 0 Å². The number of hydrogen-bond acceptors (Lipinski definition) is 4. The molecule has 0 N–H and O–H groups in total. The lowest BCUT2D eigenvalue weighted by Crippen LogP contribution is -2.38. The molecule has 0 fully saturated rings. The van der Waals surface area contributed by atoms with E-state index in [1.807, 2.05) is 45.3 Å². The van der Waals surface area contributed by atoms with Crippen LogP contribution in [0.5, 0.6) is 0 Å². The normalized spacial score (nSPS) is 13.6. The van der Waals surface area contributed by atoms with Gasteiger partial charge in [-0.3, -0.25) is 0 Å². The number of thiophene rings is 4. The van der Waals surface area contributed by atoms with Gasteiger partial charge in [-0.2, -0.15) is 4.57 Å². The Morgan fingerprint density at radius 1 is 0.364 bits per heavy atom. The molecule has 8 aromatic heterocycles. The molecule has 15 rings (SSSR count). The van der Waals surface area contributed by atoms with Gasteiger partial charge in [0.05, 0.1) is 51.9 Å². The number of pyridine rings is 1. The first-order valence-electron chi connectivity index (χ1n) is 22.2. The molecular formula is C58H35N4S4+. The zero-order valence-corrected chi connectivity index (χ0v) is 38.4. The Labute approximate surface area is 395 Å². The fraction of sp³-hybridized carbons (Fsp3) is 0.0172. The van der Waals surface area contributed by atoms with Crippen molar-refractivity contribution in [3.05, 3.63) is 216 Å². The first kappa shape index (κ1) is 36.9. The van der Waals surface area contributed by atoms with E-state index in [2.05, 4.69) is 223 Å². The summed E-state index contributed by atoms with van der Waals surface area (Å²) in [5, 5.41) is 6.98. The van der Waals surface area contributed by atoms with Gasteiger partial charge < -0.3 is 13.7 Å². The Balaban J connectivity index is 0.876. The van der Waals surface area contributed by atoms with Crippen molar-refractivity contribution in [3.63, 3.8) is 0 Å². The molecule has 0 radical (unpaired) electrons. The van der Waals surface area contributed by atoms with Gasteiger partial charge in [-0.15, -0.1) is 45.3 Å². The van der Waals surface area contributed by atoms with Crippen molar-refractivity contribution < 1.29 is 4.57 Å². The topological polar surface area (TPSA) is 18.7 Å². The molecule has 0 amide bonds. The van der Waals surface area contributed by atoms with E-state index in [-0.39, 0.29) is 6.04 Å². The molecule has 8 heterocycles. The van der Waals surface area contributed by atoms with Gasteiger partial charge in [0.1, 0.15) is 0 Å². The molecular weight excluding hydrogens is 881 g/mol. The summed E-state index contributed by atoms with van der Waals surface area (Å²) in [5.74, 6) is 0. The standard InChI is InChI=1S/C58H35N4S4/c1-4-12-37(13-5-1)60-46-17-9-8-16-40(46)45-32-39(20-23-47(45)60)62-49-25-29-64-56(49)58-51(62)34-53(66-58)36-19-22-42-44(31-36)43-30-35(18-21-41(43)54(42)59-26-10-3-11-27-59)52-33-50-57(65-52)55-48(24-28-63-55)61(50)38-14-6-2-7-15-38/h1-34,54H/q+1. The van der Waals surface area contributed by atoms with Crippen molar-refractivity contribution >= 4 is 108 Å². The van der Waals surface area contributed by atoms with Crippen LogP contribution in [0.15, 0.2) is 205 Å². The molecule has 6 aromatic carbocycles. The zero-order valence-electron chi connectivity index (χ0n) is 35.1. The second kappa shape index (κ2) is 14.1. The first-order valence-corrected chi connectivity index (χ1v) is 25.5. The number of fused-ring (bicyclic) bond motifs is 12. The smallest absolute Gasteiger partial charge is 0.210 e. The summed E-state index contributed by atoms with van der Waals surface area (Å²) in [5.41, 5.74) is 18.9. The minimum absolute atomic E-state index is 0.0927. The number of para-hydroxylation sites is 3. The summed E-state index contributed by atoms with van der Waals surface area (Å²) in [6.07, 6.45) is 4.42. The average Bonchev–Trinajstić information content (AvgIpc) is 4.25. The lowest BCUT2D eigenvalue weighted by atomic mass is 10.00. The van der Waals surface area contributed by atoms with Crippen LogP contribution in [-0.2, 0) is 0 Å². The van der Waals surface area contributed by atoms with E-state index in [1.54, 1.807) is 0 Å². The van der Waals surface area contributed by atoms with Crippen LogP contribution >= 0.6 is 45.3 Å². The van der Waals surface area contributed by atoms with Crippen molar-refractivity contribution in [1.29, 1.82) is 0 Å². The molecule has 4 nitrogen and oxygen atoms in total. The van der Waals surface area contributed by atoms with Crippen LogP contribution in [-0.4, -0.2) is 13.7 Å². The highest BCUT2D eigenvalue weighted by atomic mass is 32.1. The van der Waals surface area contributed by atoms with E-state index in [0.29, 0.717) is 0 Å². The lowest BCUT2D eigenvalue weighted by molar-refractivity contribution is -0.704. The highest BCUT2D eigenvalue weighted by Gasteiger charge is 2.36. The number of aromatic nitrogens is 4. The van der Waals surface area contributed by atoms with Crippen molar-refractivity contribution in [2.24, 2.45) is 0 Å². The van der Waals surface area contributed by atoms with E-state index in [9.17, 15) is 0 Å². The van der Waals surface area contributed by atoms with Crippen molar-refractivity contribution in [3.8, 4) is 49.1 Å². The molecule has 0 bridgehead atoms. The average molecular weight is 916 g/mol. The fourth-order valence-corrected chi connectivity index (χ4v) is 15.1. The van der Waals surface area contributed by atoms with Crippen LogP contribution in [0, 0.1) is 0 Å². The van der Waals surface area contributed by atoms with Crippen LogP contribution in [0.3, 0.4) is 0 Å². The third-order valence-electron chi connectivity index (χ3n) is 13.6. The molecule has 0 spiro atoms. The predicted octanol–water partition coefficient (Wildman–Crippen LogP) is 16.5. The summed E-state index contributed by atoms with van der Waals surface area (Å²) >= 11 is 7.51. The van der Waals surface area contributed by atoms with Crippen molar-refractivity contribution in [2.45, 2.75) is 6.04 Å². The maximum absolute atomic E-state index is 2.49. The summed E-state index contributed by atoms with van der Waals surface area (Å²) in [6.45, 7) is 0. The maximum Gasteiger partial charge on any atom is 0.210 e. The molecule has 1 aliphatic carbocycles. The number of nitrogens with zero attached hydrogens (tertiary/aromatic N) is 4. The number of benzene rings is 6. The molecule has 14 aromatic rings. The van der Waals surface area contributed by atoms with Crippen molar-refractivity contribution in [1.82, 2.24) is 13.7 Å². The highest BCUT2D eigenvalue weighted by molar-refractivity contribution is 7.29. The van der Waals surface area contributed by atoms with E-state index < -0.39 is 0 Å². The predicted molar refractivity (Wildman–Crippen MR) is 281 cm³/mol. The van der Waals surface area contributed by atoms with Gasteiger partial charge in [-0.1, -0.05) is 84.9 Å². The van der Waals surface area contributed by atoms with E-state index in [0.717, 1.165) is 0 Å². The Morgan fingerprint density at radius 3 is 1.48 bits per heavy atom. The van der Waals surface area contributed by atoms with Gasteiger partial charge in [0.2, 0.25) is 6.04 Å². The summed E-state index contributed by atoms with van der Waals surface area (Å²) in [4.78, 5) is 2.57. The molecule has 0 saturated heterocycles. The first-order chi connectivity index (χ1) is 32.7. The Bertz CT molecular complexity index is 4230. The zero-order chi connectivity index (χ0) is 43.0. The highest BCUT2D eigenvalue weighted by Crippen LogP contribution is 2.50. The molecule has 0 saturated carbocycles. The summed E-state index contributed by atoms with van der Waals surface area (Å²) in [7, 11) is 0. The third kappa shape index (κ3) is 5.26. The maximum atomic E-state index is 2.49. The van der Waals surface area contributed by atoms with Gasteiger partial charge in [-0.25, -0.2) is 0 Å². The molecule has 1 atom stereocenters. The van der Waals surface area contributed by atoms with Crippen molar-refractivity contribution in [2.75, 3.05) is 0 Å². The molecule has 310 valence electrons. The molecule has 1 unspecified atom stereocenters. The molecule has 0 aliphatic heterocycles. The van der Waals surface area contributed by atoms with Gasteiger partial charge >= 0.3 is 0 Å². The third-order valence-corrected chi connectivity index (χ3v) is 18.1. The second-order valence-electron chi connectivity index (χ2n) is 17.1. The van der Waals surface area contributed by atoms with E-state index in [1.165, 1.54) is 123 Å². The summed E-state index contributed by atoms with van der Waals surface area (Å²) in [6, 6.07) is 67.6. The number of hydrogen-bond donors (Lipinski definition) is 0.